The van der Waals surface area contributed by atoms with E-state index in [1.165, 1.54) is 32.1 Å². The van der Waals surface area contributed by atoms with Gasteiger partial charge in [0.2, 0.25) is 0 Å². The van der Waals surface area contributed by atoms with Gasteiger partial charge in [0, 0.05) is 0 Å². The van der Waals surface area contributed by atoms with Crippen molar-refractivity contribution in [3.8, 4) is 0 Å². The van der Waals surface area contributed by atoms with Crippen molar-refractivity contribution < 1.29 is 39.5 Å². The summed E-state index contributed by atoms with van der Waals surface area (Å²) in [5.41, 5.74) is -5.62. The minimum atomic E-state index is -6.41. The first-order valence-electron chi connectivity index (χ1n) is 8.95. The van der Waals surface area contributed by atoms with Gasteiger partial charge in [-0.2, -0.15) is 39.5 Å². The third kappa shape index (κ3) is 5.00. The maximum atomic E-state index is 12.7. The lowest BCUT2D eigenvalue weighted by atomic mass is 9.67. The molecular formula is C17H25F9. The largest absolute Gasteiger partial charge is 0.412 e. The molecule has 0 bridgehead atoms. The Morgan fingerprint density at radius 2 is 0.808 bits per heavy atom. The van der Waals surface area contributed by atoms with Gasteiger partial charge in [-0.15, -0.1) is 0 Å². The van der Waals surface area contributed by atoms with Crippen LogP contribution in [0.1, 0.15) is 71.1 Å². The van der Waals surface area contributed by atoms with E-state index in [9.17, 15) is 39.5 Å². The van der Waals surface area contributed by atoms with Gasteiger partial charge in [0.15, 0.2) is 0 Å². The van der Waals surface area contributed by atoms with Crippen LogP contribution in [0.4, 0.5) is 39.5 Å². The summed E-state index contributed by atoms with van der Waals surface area (Å²) in [6.45, 7) is 2.36. The van der Waals surface area contributed by atoms with Crippen LogP contribution < -0.4 is 0 Å². The van der Waals surface area contributed by atoms with Crippen molar-refractivity contribution >= 4 is 0 Å². The van der Waals surface area contributed by atoms with Crippen molar-refractivity contribution in [2.45, 2.75) is 89.7 Å². The van der Waals surface area contributed by atoms with Crippen LogP contribution in [0.5, 0.6) is 0 Å². The molecule has 2 aliphatic rings. The van der Waals surface area contributed by atoms with E-state index in [1.54, 1.807) is 0 Å². The molecule has 0 heterocycles. The first-order chi connectivity index (χ1) is 11.7. The zero-order valence-electron chi connectivity index (χ0n) is 14.6. The summed E-state index contributed by atoms with van der Waals surface area (Å²) in [7, 11) is 0. The highest BCUT2D eigenvalue weighted by atomic mass is 19.4. The summed E-state index contributed by atoms with van der Waals surface area (Å²) in [6.07, 6.45) is -13.0. The third-order valence-electron chi connectivity index (χ3n) is 5.45. The van der Waals surface area contributed by atoms with Gasteiger partial charge in [0.25, 0.3) is 5.41 Å². The smallest absolute Gasteiger partial charge is 0.170 e. The van der Waals surface area contributed by atoms with Crippen LogP contribution in [-0.2, 0) is 0 Å². The predicted octanol–water partition coefficient (Wildman–Crippen LogP) is 7.83. The number of halogens is 9. The topological polar surface area (TPSA) is 0 Å². The first kappa shape index (κ1) is 23.4. The molecule has 0 atom stereocenters. The van der Waals surface area contributed by atoms with Crippen LogP contribution in [-0.4, -0.2) is 18.5 Å². The van der Waals surface area contributed by atoms with E-state index in [2.05, 4.69) is 6.92 Å². The highest BCUT2D eigenvalue weighted by molar-refractivity contribution is 5.04. The molecule has 0 saturated heterocycles. The Labute approximate surface area is 147 Å². The summed E-state index contributed by atoms with van der Waals surface area (Å²) >= 11 is 0. The molecular weight excluding hydrogens is 375 g/mol. The molecule has 9 heteroatoms. The average molecular weight is 400 g/mol. The van der Waals surface area contributed by atoms with Crippen LogP contribution in [0.15, 0.2) is 0 Å². The molecule has 2 aliphatic carbocycles. The number of hydrogen-bond donors (Lipinski definition) is 0. The molecule has 0 amide bonds. The second kappa shape index (κ2) is 8.59. The summed E-state index contributed by atoms with van der Waals surface area (Å²) < 4.78 is 114. The summed E-state index contributed by atoms with van der Waals surface area (Å²) in [5, 5.41) is 0. The normalized spacial score (nSPS) is 21.9. The molecule has 0 spiro atoms. The number of alkyl halides is 9. The molecule has 0 aliphatic heterocycles. The third-order valence-corrected chi connectivity index (χ3v) is 5.45. The molecule has 0 radical (unpaired) electrons. The van der Waals surface area contributed by atoms with E-state index < -0.39 is 42.7 Å². The predicted molar refractivity (Wildman–Crippen MR) is 79.4 cm³/mol. The summed E-state index contributed by atoms with van der Waals surface area (Å²) in [6, 6.07) is 0. The Balaban J connectivity index is 0.000000401. The van der Waals surface area contributed by atoms with E-state index in [0.29, 0.717) is 6.42 Å². The lowest BCUT2D eigenvalue weighted by molar-refractivity contribution is -0.444. The molecule has 0 unspecified atom stereocenters. The van der Waals surface area contributed by atoms with E-state index in [1.807, 2.05) is 0 Å². The highest BCUT2D eigenvalue weighted by Gasteiger charge is 2.85. The maximum absolute atomic E-state index is 12.7. The lowest BCUT2D eigenvalue weighted by Gasteiger charge is -2.45. The first-order valence-corrected chi connectivity index (χ1v) is 8.95. The van der Waals surface area contributed by atoms with Crippen molar-refractivity contribution in [3.63, 3.8) is 0 Å². The Hall–Kier alpha value is -0.630. The quantitative estimate of drug-likeness (QED) is 0.394. The van der Waals surface area contributed by atoms with Gasteiger partial charge in [-0.25, -0.2) is 0 Å². The fourth-order valence-corrected chi connectivity index (χ4v) is 4.02. The minimum absolute atomic E-state index is 0.0609. The second-order valence-electron chi connectivity index (χ2n) is 7.38. The van der Waals surface area contributed by atoms with Crippen molar-refractivity contribution in [1.29, 1.82) is 0 Å². The van der Waals surface area contributed by atoms with Crippen LogP contribution in [0, 0.1) is 17.3 Å². The number of rotatable bonds is 1. The zero-order valence-corrected chi connectivity index (χ0v) is 14.6. The molecule has 0 aromatic heterocycles. The van der Waals surface area contributed by atoms with Gasteiger partial charge in [-0.05, 0) is 24.7 Å². The van der Waals surface area contributed by atoms with Crippen molar-refractivity contribution in [3.05, 3.63) is 0 Å². The monoisotopic (exact) mass is 400 g/mol. The summed E-state index contributed by atoms with van der Waals surface area (Å²) in [5.74, 6) is -1.46. The molecule has 0 aromatic rings. The minimum Gasteiger partial charge on any atom is -0.170 e. The van der Waals surface area contributed by atoms with Crippen LogP contribution in [0.3, 0.4) is 0 Å². The fourth-order valence-electron chi connectivity index (χ4n) is 4.02. The van der Waals surface area contributed by atoms with Crippen LogP contribution >= 0.6 is 0 Å². The Bertz CT molecular complexity index is 371. The molecule has 0 nitrogen and oxygen atoms in total. The zero-order chi connectivity index (χ0) is 20.2. The Morgan fingerprint density at radius 3 is 1.04 bits per heavy atom. The molecule has 2 rings (SSSR count). The van der Waals surface area contributed by atoms with Crippen LogP contribution in [0.2, 0.25) is 0 Å². The molecule has 2 saturated carbocycles. The van der Waals surface area contributed by atoms with Gasteiger partial charge in [-0.3, -0.25) is 0 Å². The van der Waals surface area contributed by atoms with Crippen molar-refractivity contribution in [2.75, 3.05) is 0 Å². The molecule has 0 N–H and O–H groups in total. The number of hydrogen-bond acceptors (Lipinski definition) is 0. The van der Waals surface area contributed by atoms with Gasteiger partial charge in [-0.1, -0.05) is 58.3 Å². The van der Waals surface area contributed by atoms with Gasteiger partial charge in [0.05, 0.1) is 0 Å². The molecule has 26 heavy (non-hydrogen) atoms. The van der Waals surface area contributed by atoms with E-state index in [0.717, 1.165) is 5.92 Å². The molecule has 2 fully saturated rings. The van der Waals surface area contributed by atoms with Gasteiger partial charge >= 0.3 is 18.5 Å². The fraction of sp³-hybridized carbons (Fsp3) is 1.00. The van der Waals surface area contributed by atoms with Gasteiger partial charge < -0.3 is 0 Å². The standard InChI is InChI=1S/C10H11F9.C7H14/c11-8(12,13)7(9(14,15)16,10(17,18)19)6-4-2-1-3-5-6;1-7-5-3-2-4-6-7/h6H,1-5H2;7H,2-6H2,1H3. The Kier molecular flexibility index (Phi) is 7.73. The lowest BCUT2D eigenvalue weighted by Crippen LogP contribution is -2.63. The molecule has 0 aromatic carbocycles. The average Bonchev–Trinajstić information content (AvgIpc) is 2.45. The van der Waals surface area contributed by atoms with Crippen LogP contribution in [0.25, 0.3) is 0 Å². The highest BCUT2D eigenvalue weighted by Crippen LogP contribution is 2.65. The Morgan fingerprint density at radius 1 is 0.500 bits per heavy atom. The summed E-state index contributed by atoms with van der Waals surface area (Å²) in [4.78, 5) is 0. The van der Waals surface area contributed by atoms with E-state index in [-0.39, 0.29) is 12.8 Å². The van der Waals surface area contributed by atoms with E-state index >= 15 is 0 Å². The SMILES string of the molecule is CC1CCCCC1.FC(F)(F)C(C1CCCCC1)(C(F)(F)F)C(F)(F)F. The van der Waals surface area contributed by atoms with Gasteiger partial charge in [0.1, 0.15) is 0 Å². The van der Waals surface area contributed by atoms with Crippen molar-refractivity contribution in [1.82, 2.24) is 0 Å². The second-order valence-corrected chi connectivity index (χ2v) is 7.38. The van der Waals surface area contributed by atoms with Crippen molar-refractivity contribution in [2.24, 2.45) is 17.3 Å². The van der Waals surface area contributed by atoms with E-state index in [4.69, 9.17) is 0 Å². The maximum Gasteiger partial charge on any atom is 0.412 e. The molecule has 156 valence electrons.